The van der Waals surface area contributed by atoms with Gasteiger partial charge in [0.05, 0.1) is 0 Å². The van der Waals surface area contributed by atoms with Crippen molar-refractivity contribution < 1.29 is 14.2 Å². The summed E-state index contributed by atoms with van der Waals surface area (Å²) in [5.74, 6) is 1.36. The third kappa shape index (κ3) is 7.88. The lowest BCUT2D eigenvalue weighted by molar-refractivity contribution is -0.379. The number of nitrogens with zero attached hydrogens (tertiary/aromatic N) is 5. The molecule has 1 aliphatic carbocycles. The van der Waals surface area contributed by atoms with Crippen LogP contribution in [0.15, 0.2) is 40.8 Å². The van der Waals surface area contributed by atoms with Gasteiger partial charge in [0.25, 0.3) is 0 Å². The number of amides is 3. The largest absolute Gasteiger partial charge is 0.360 e. The second kappa shape index (κ2) is 14.4. The quantitative estimate of drug-likeness (QED) is 0.173. The first kappa shape index (κ1) is 31.6. The van der Waals surface area contributed by atoms with Gasteiger partial charge < -0.3 is 31.1 Å². The van der Waals surface area contributed by atoms with Crippen molar-refractivity contribution in [3.63, 3.8) is 0 Å². The van der Waals surface area contributed by atoms with Crippen molar-refractivity contribution in [2.45, 2.75) is 102 Å². The molecule has 4 fully saturated rings. The topological polar surface area (TPSA) is 109 Å². The Labute approximate surface area is 268 Å². The van der Waals surface area contributed by atoms with E-state index in [2.05, 4.69) is 44.7 Å². The fourth-order valence-electron chi connectivity index (χ4n) is 7.81. The Morgan fingerprint density at radius 2 is 1.53 bits per heavy atom. The zero-order valence-corrected chi connectivity index (χ0v) is 27.4. The van der Waals surface area contributed by atoms with E-state index in [4.69, 9.17) is 10.7 Å². The van der Waals surface area contributed by atoms with E-state index in [-0.39, 0.29) is 12.1 Å². The molecule has 1 aromatic rings. The highest BCUT2D eigenvalue weighted by molar-refractivity contribution is 5.96. The average molecular weight is 618 g/mol. The number of anilines is 1. The number of likely N-dealkylation sites (tertiary alicyclic amines) is 3. The van der Waals surface area contributed by atoms with Crippen molar-refractivity contribution in [1.82, 2.24) is 20.0 Å². The SMILES string of the molecule is CC(=NC(Nc1ccc(C2CCN(C3CCCC3)CC2)cc1)=C(C(N)=O)[N+]1=C(C)C1)N1CCCC(NC(=O)N2CCCCC2)C1. The van der Waals surface area contributed by atoms with Gasteiger partial charge in [0, 0.05) is 50.9 Å². The van der Waals surface area contributed by atoms with Gasteiger partial charge in [-0.2, -0.15) is 4.58 Å². The number of carbonyl (C=O) groups is 2. The fraction of sp³-hybridized carbons (Fsp3) is 0.657. The second-order valence-corrected chi connectivity index (χ2v) is 13.8. The lowest BCUT2D eigenvalue weighted by Crippen LogP contribution is -2.53. The molecule has 1 saturated carbocycles. The summed E-state index contributed by atoms with van der Waals surface area (Å²) in [5.41, 5.74) is 9.69. The van der Waals surface area contributed by atoms with E-state index in [0.717, 1.165) is 68.6 Å². The molecular formula is C35H53N8O2+. The van der Waals surface area contributed by atoms with Crippen molar-refractivity contribution in [1.29, 1.82) is 0 Å². The van der Waals surface area contributed by atoms with Crippen molar-refractivity contribution in [2.75, 3.05) is 51.1 Å². The Balaban J connectivity index is 1.14. The summed E-state index contributed by atoms with van der Waals surface area (Å²) in [6.45, 7) is 10.3. The van der Waals surface area contributed by atoms with E-state index < -0.39 is 5.91 Å². The molecule has 45 heavy (non-hydrogen) atoms. The van der Waals surface area contributed by atoms with Gasteiger partial charge in [-0.15, -0.1) is 0 Å². The standard InChI is InChI=1S/C35H52N8O2/c1-25-23-43(25)32(33(36)44)34(37-26(2)42-20-8-9-30(24-42)39-35(45)41-18-6-3-7-19-41)38-29-14-12-27(13-15-29)28-16-21-40(22-17-28)31-10-4-5-11-31/h12-15,28,30-31H,3-11,16-24H2,1-2H3,(H3-,36,38,39,44,45)/p+1. The Kier molecular flexibility index (Phi) is 10.1. The molecule has 0 aromatic heterocycles. The van der Waals surface area contributed by atoms with Gasteiger partial charge in [-0.3, -0.25) is 4.79 Å². The minimum absolute atomic E-state index is 0.0461. The number of amidine groups is 1. The van der Waals surface area contributed by atoms with Crippen LogP contribution in [0.25, 0.3) is 0 Å². The van der Waals surface area contributed by atoms with Gasteiger partial charge in [-0.05, 0) is 101 Å². The molecule has 6 rings (SSSR count). The first-order valence-corrected chi connectivity index (χ1v) is 17.5. The van der Waals surface area contributed by atoms with Crippen LogP contribution in [0, 0.1) is 0 Å². The number of benzene rings is 1. The number of primary amides is 1. The molecule has 0 radical (unpaired) electrons. The highest BCUT2D eigenvalue weighted by Gasteiger charge is 2.39. The van der Waals surface area contributed by atoms with Crippen LogP contribution in [0.3, 0.4) is 0 Å². The number of rotatable bonds is 8. The summed E-state index contributed by atoms with van der Waals surface area (Å²) < 4.78 is 1.92. The van der Waals surface area contributed by atoms with Crippen LogP contribution in [0.1, 0.15) is 96.0 Å². The number of carbonyl (C=O) groups excluding carboxylic acids is 2. The molecule has 3 amide bonds. The lowest BCUT2D eigenvalue weighted by Gasteiger charge is -2.36. The highest BCUT2D eigenvalue weighted by Crippen LogP contribution is 2.33. The van der Waals surface area contributed by atoms with E-state index in [1.165, 1.54) is 63.6 Å². The van der Waals surface area contributed by atoms with Crippen LogP contribution < -0.4 is 16.4 Å². The monoisotopic (exact) mass is 617 g/mol. The van der Waals surface area contributed by atoms with Gasteiger partial charge in [0.2, 0.25) is 18.1 Å². The fourth-order valence-corrected chi connectivity index (χ4v) is 7.81. The number of hydrogen-bond acceptors (Lipinski definition) is 5. The Morgan fingerprint density at radius 3 is 2.18 bits per heavy atom. The van der Waals surface area contributed by atoms with E-state index in [9.17, 15) is 9.59 Å². The maximum absolute atomic E-state index is 12.9. The average Bonchev–Trinajstić information content (AvgIpc) is 3.50. The van der Waals surface area contributed by atoms with Crippen LogP contribution in [-0.4, -0.2) is 101 Å². The van der Waals surface area contributed by atoms with Gasteiger partial charge in [-0.1, -0.05) is 25.0 Å². The van der Waals surface area contributed by atoms with Gasteiger partial charge >= 0.3 is 17.6 Å². The number of nitrogens with one attached hydrogen (secondary N) is 2. The molecule has 10 nitrogen and oxygen atoms in total. The minimum atomic E-state index is -0.498. The lowest BCUT2D eigenvalue weighted by atomic mass is 9.88. The predicted octanol–water partition coefficient (Wildman–Crippen LogP) is 4.44. The van der Waals surface area contributed by atoms with Crippen LogP contribution in [0.2, 0.25) is 0 Å². The summed E-state index contributed by atoms with van der Waals surface area (Å²) in [7, 11) is 0. The summed E-state index contributed by atoms with van der Waals surface area (Å²) >= 11 is 0. The first-order valence-electron chi connectivity index (χ1n) is 17.5. The molecule has 0 spiro atoms. The first-order chi connectivity index (χ1) is 21.9. The molecule has 0 bridgehead atoms. The number of piperidine rings is 3. The molecule has 244 valence electrons. The van der Waals surface area contributed by atoms with Gasteiger partial charge in [-0.25, -0.2) is 9.79 Å². The van der Waals surface area contributed by atoms with Crippen LogP contribution in [-0.2, 0) is 4.79 Å². The molecule has 4 aliphatic heterocycles. The molecule has 4 N–H and O–H groups in total. The maximum atomic E-state index is 12.9. The van der Waals surface area contributed by atoms with Crippen molar-refractivity contribution >= 4 is 29.2 Å². The molecule has 10 heteroatoms. The smallest absolute Gasteiger partial charge is 0.317 e. The van der Waals surface area contributed by atoms with E-state index in [0.29, 0.717) is 30.5 Å². The maximum Gasteiger partial charge on any atom is 0.317 e. The van der Waals surface area contributed by atoms with Crippen molar-refractivity contribution in [2.24, 2.45) is 10.7 Å². The van der Waals surface area contributed by atoms with E-state index >= 15 is 0 Å². The number of nitrogens with two attached hydrogens (primary N) is 1. The molecule has 1 aromatic carbocycles. The van der Waals surface area contributed by atoms with E-state index in [1.54, 1.807) is 0 Å². The van der Waals surface area contributed by atoms with E-state index in [1.807, 2.05) is 23.3 Å². The van der Waals surface area contributed by atoms with Crippen LogP contribution in [0.4, 0.5) is 10.5 Å². The van der Waals surface area contributed by atoms with Gasteiger partial charge in [0.15, 0.2) is 0 Å². The number of urea groups is 1. The molecular weight excluding hydrogens is 564 g/mol. The molecule has 4 heterocycles. The molecule has 1 unspecified atom stereocenters. The summed E-state index contributed by atoms with van der Waals surface area (Å²) in [5, 5.41) is 6.72. The Bertz CT molecular complexity index is 1320. The minimum Gasteiger partial charge on any atom is -0.360 e. The highest BCUT2D eigenvalue weighted by atomic mass is 16.2. The second-order valence-electron chi connectivity index (χ2n) is 13.8. The molecule has 1 atom stereocenters. The number of aliphatic imine (C=N–C) groups is 1. The molecule has 5 aliphatic rings. The zero-order valence-electron chi connectivity index (χ0n) is 27.4. The third-order valence-electron chi connectivity index (χ3n) is 10.6. The normalized spacial score (nSPS) is 24.5. The number of hydrogen-bond donors (Lipinski definition) is 3. The van der Waals surface area contributed by atoms with Gasteiger partial charge in [0.1, 0.15) is 5.84 Å². The van der Waals surface area contributed by atoms with Crippen LogP contribution >= 0.6 is 0 Å². The Morgan fingerprint density at radius 1 is 0.867 bits per heavy atom. The summed E-state index contributed by atoms with van der Waals surface area (Å²) in [6.07, 6.45) is 13.2. The summed E-state index contributed by atoms with van der Waals surface area (Å²) in [6, 6.07) is 9.58. The third-order valence-corrected chi connectivity index (χ3v) is 10.6. The zero-order chi connectivity index (χ0) is 31.3. The van der Waals surface area contributed by atoms with Crippen LogP contribution in [0.5, 0.6) is 0 Å². The Hall–Kier alpha value is -3.40. The van der Waals surface area contributed by atoms with Crippen molar-refractivity contribution in [3.8, 4) is 0 Å². The predicted molar refractivity (Wildman–Crippen MR) is 180 cm³/mol. The van der Waals surface area contributed by atoms with Crippen molar-refractivity contribution in [3.05, 3.63) is 41.3 Å². The summed E-state index contributed by atoms with van der Waals surface area (Å²) in [4.78, 5) is 37.5. The molecule has 3 saturated heterocycles.